The Balaban J connectivity index is 4.24. The first-order chi connectivity index (χ1) is 8.13. The average molecular weight is 275 g/mol. The minimum absolute atomic E-state index is 0.0688. The molecule has 0 radical (unpaired) electrons. The Labute approximate surface area is 114 Å². The Hall–Kier alpha value is -0.710. The lowest BCUT2D eigenvalue weighted by Gasteiger charge is -2.28. The minimum Gasteiger partial charge on any atom is -0.481 e. The zero-order chi connectivity index (χ0) is 14.3. The van der Waals surface area contributed by atoms with E-state index in [1.165, 1.54) is 0 Å². The highest BCUT2D eigenvalue weighted by Crippen LogP contribution is 2.23. The Kier molecular flexibility index (Phi) is 7.36. The number of rotatable bonds is 7. The molecule has 0 aromatic heterocycles. The molecule has 0 atom stereocenters. The van der Waals surface area contributed by atoms with Crippen molar-refractivity contribution in [3.05, 3.63) is 0 Å². The summed E-state index contributed by atoms with van der Waals surface area (Å²) in [6.45, 7) is 10.7. The van der Waals surface area contributed by atoms with Gasteiger partial charge in [-0.2, -0.15) is 0 Å². The van der Waals surface area contributed by atoms with E-state index in [9.17, 15) is 9.59 Å². The third kappa shape index (κ3) is 8.39. The second-order valence-corrected chi connectivity index (χ2v) is 7.38. The first-order valence-corrected chi connectivity index (χ1v) is 7.27. The van der Waals surface area contributed by atoms with Gasteiger partial charge in [0.2, 0.25) is 5.91 Å². The van der Waals surface area contributed by atoms with E-state index in [4.69, 9.17) is 5.11 Å². The van der Waals surface area contributed by atoms with Crippen LogP contribution in [0.3, 0.4) is 0 Å². The van der Waals surface area contributed by atoms with Crippen LogP contribution in [0.2, 0.25) is 0 Å². The number of hydrogen-bond acceptors (Lipinski definition) is 3. The van der Waals surface area contributed by atoms with Crippen LogP contribution >= 0.6 is 11.8 Å². The van der Waals surface area contributed by atoms with Crippen LogP contribution in [0, 0.1) is 0 Å². The molecule has 0 aliphatic rings. The highest BCUT2D eigenvalue weighted by molar-refractivity contribution is 8.01. The van der Waals surface area contributed by atoms with Crippen LogP contribution in [0.25, 0.3) is 0 Å². The van der Waals surface area contributed by atoms with Gasteiger partial charge in [0.15, 0.2) is 0 Å². The maximum Gasteiger partial charge on any atom is 0.303 e. The van der Waals surface area contributed by atoms with Crippen LogP contribution in [-0.4, -0.2) is 45.0 Å². The monoisotopic (exact) mass is 275 g/mol. The van der Waals surface area contributed by atoms with Gasteiger partial charge in [0.25, 0.3) is 0 Å². The molecule has 0 aliphatic carbocycles. The van der Waals surface area contributed by atoms with Crippen LogP contribution < -0.4 is 0 Å². The number of aliphatic carboxylic acids is 1. The molecule has 1 N–H and O–H groups in total. The summed E-state index contributed by atoms with van der Waals surface area (Å²) >= 11 is 1.62. The van der Waals surface area contributed by atoms with Crippen molar-refractivity contribution in [2.24, 2.45) is 0 Å². The lowest BCUT2D eigenvalue weighted by Crippen LogP contribution is -2.39. The van der Waals surface area contributed by atoms with Crippen molar-refractivity contribution in [1.82, 2.24) is 4.90 Å². The second kappa shape index (κ2) is 7.67. The summed E-state index contributed by atoms with van der Waals surface area (Å²) in [7, 11) is 0. The second-order valence-electron chi connectivity index (χ2n) is 5.58. The van der Waals surface area contributed by atoms with Crippen molar-refractivity contribution in [2.75, 3.05) is 12.3 Å². The third-order valence-corrected chi connectivity index (χ3v) is 3.62. The number of carboxylic acid groups (broad SMARTS) is 1. The molecule has 0 saturated carbocycles. The van der Waals surface area contributed by atoms with Gasteiger partial charge in [-0.15, -0.1) is 11.8 Å². The lowest BCUT2D eigenvalue weighted by molar-refractivity contribution is -0.138. The topological polar surface area (TPSA) is 57.6 Å². The third-order valence-electron chi connectivity index (χ3n) is 2.36. The van der Waals surface area contributed by atoms with E-state index in [2.05, 4.69) is 20.8 Å². The van der Waals surface area contributed by atoms with Gasteiger partial charge in [-0.3, -0.25) is 9.59 Å². The first kappa shape index (κ1) is 17.3. The molecule has 0 aromatic carbocycles. The van der Waals surface area contributed by atoms with Crippen LogP contribution in [0.5, 0.6) is 0 Å². The molecule has 0 rings (SSSR count). The fraction of sp³-hybridized carbons (Fsp3) is 0.846. The Morgan fingerprint density at radius 3 is 2.22 bits per heavy atom. The molecule has 0 spiro atoms. The van der Waals surface area contributed by atoms with Gasteiger partial charge in [0, 0.05) is 23.8 Å². The van der Waals surface area contributed by atoms with Gasteiger partial charge in [0.05, 0.1) is 5.75 Å². The number of nitrogens with zero attached hydrogens (tertiary/aromatic N) is 1. The van der Waals surface area contributed by atoms with Crippen LogP contribution in [0.15, 0.2) is 0 Å². The van der Waals surface area contributed by atoms with Crippen molar-refractivity contribution in [2.45, 2.75) is 58.2 Å². The van der Waals surface area contributed by atoms with E-state index in [0.717, 1.165) is 0 Å². The molecule has 0 bridgehead atoms. The average Bonchev–Trinajstić information content (AvgIpc) is 2.19. The van der Waals surface area contributed by atoms with Crippen molar-refractivity contribution >= 4 is 23.6 Å². The minimum atomic E-state index is -0.810. The molecule has 4 nitrogen and oxygen atoms in total. The smallest absolute Gasteiger partial charge is 0.303 e. The van der Waals surface area contributed by atoms with Gasteiger partial charge in [-0.05, 0) is 20.3 Å². The van der Waals surface area contributed by atoms with Gasteiger partial charge >= 0.3 is 5.97 Å². The molecule has 5 heteroatoms. The predicted octanol–water partition coefficient (Wildman–Crippen LogP) is 2.62. The highest BCUT2D eigenvalue weighted by Gasteiger charge is 2.20. The molecule has 0 aliphatic heterocycles. The predicted molar refractivity (Wildman–Crippen MR) is 75.9 cm³/mol. The number of hydrogen-bond donors (Lipinski definition) is 1. The van der Waals surface area contributed by atoms with Gasteiger partial charge < -0.3 is 10.0 Å². The maximum absolute atomic E-state index is 12.1. The highest BCUT2D eigenvalue weighted by atomic mass is 32.2. The number of thioether (sulfide) groups is 1. The van der Waals surface area contributed by atoms with E-state index in [1.54, 1.807) is 16.7 Å². The summed E-state index contributed by atoms with van der Waals surface area (Å²) in [4.78, 5) is 24.3. The van der Waals surface area contributed by atoms with Crippen LogP contribution in [0.4, 0.5) is 0 Å². The fourth-order valence-electron chi connectivity index (χ4n) is 1.43. The molecule has 18 heavy (non-hydrogen) atoms. The number of carbonyl (C=O) groups is 2. The molecule has 1 amide bonds. The van der Waals surface area contributed by atoms with E-state index in [0.29, 0.717) is 18.7 Å². The molecule has 0 unspecified atom stereocenters. The molecule has 0 saturated heterocycles. The molecule has 0 aromatic rings. The van der Waals surface area contributed by atoms with Crippen molar-refractivity contribution in [1.29, 1.82) is 0 Å². The van der Waals surface area contributed by atoms with Gasteiger partial charge in [0.1, 0.15) is 0 Å². The van der Waals surface area contributed by atoms with Crippen molar-refractivity contribution in [3.63, 3.8) is 0 Å². The number of carboxylic acids is 1. The van der Waals surface area contributed by atoms with Gasteiger partial charge in [-0.25, -0.2) is 0 Å². The zero-order valence-corrected chi connectivity index (χ0v) is 12.8. The largest absolute Gasteiger partial charge is 0.481 e. The molecule has 0 fully saturated rings. The Bertz CT molecular complexity index is 284. The Morgan fingerprint density at radius 1 is 1.28 bits per heavy atom. The molecule has 106 valence electrons. The van der Waals surface area contributed by atoms with E-state index < -0.39 is 5.97 Å². The standard InChI is InChI=1S/C13H25NO3S/c1-10(2)14(8-6-7-12(16)17)11(15)9-18-13(3,4)5/h10H,6-9H2,1-5H3,(H,16,17). The zero-order valence-electron chi connectivity index (χ0n) is 12.0. The van der Waals surface area contributed by atoms with Crippen LogP contribution in [0.1, 0.15) is 47.5 Å². The summed E-state index contributed by atoms with van der Waals surface area (Å²) in [5.74, 6) is -0.264. The summed E-state index contributed by atoms with van der Waals surface area (Å²) in [5, 5.41) is 8.61. The lowest BCUT2D eigenvalue weighted by atomic mass is 10.2. The quantitative estimate of drug-likeness (QED) is 0.776. The summed E-state index contributed by atoms with van der Waals surface area (Å²) in [6, 6.07) is 0.117. The van der Waals surface area contributed by atoms with Gasteiger partial charge in [-0.1, -0.05) is 20.8 Å². The van der Waals surface area contributed by atoms with Crippen molar-refractivity contribution in [3.8, 4) is 0 Å². The number of carbonyl (C=O) groups excluding carboxylic acids is 1. The fourth-order valence-corrected chi connectivity index (χ4v) is 2.15. The molecule has 0 heterocycles. The summed E-state index contributed by atoms with van der Waals surface area (Å²) < 4.78 is 0.0688. The summed E-state index contributed by atoms with van der Waals surface area (Å²) in [6.07, 6.45) is 0.627. The summed E-state index contributed by atoms with van der Waals surface area (Å²) in [5.41, 5.74) is 0. The normalized spacial score (nSPS) is 11.7. The van der Waals surface area contributed by atoms with E-state index in [1.807, 2.05) is 13.8 Å². The Morgan fingerprint density at radius 2 is 1.83 bits per heavy atom. The van der Waals surface area contributed by atoms with E-state index >= 15 is 0 Å². The van der Waals surface area contributed by atoms with Crippen molar-refractivity contribution < 1.29 is 14.7 Å². The van der Waals surface area contributed by atoms with E-state index in [-0.39, 0.29) is 23.1 Å². The molecular weight excluding hydrogens is 250 g/mol. The first-order valence-electron chi connectivity index (χ1n) is 6.28. The SMILES string of the molecule is CC(C)N(CCCC(=O)O)C(=O)CSC(C)(C)C. The van der Waals surface area contributed by atoms with Crippen LogP contribution in [-0.2, 0) is 9.59 Å². The molecular formula is C13H25NO3S. The number of amides is 1. The maximum atomic E-state index is 12.1.